The average molecular weight is 628 g/mol. The molecule has 0 atom stereocenters. The van der Waals surface area contributed by atoms with E-state index in [-0.39, 0.29) is 38.4 Å². The number of benzene rings is 8. The molecule has 226 valence electrons. The second-order valence-corrected chi connectivity index (χ2v) is 11.1. The standard InChI is InChI=1S/C46H31NO/c1-4-17-41-33(10-1)13-8-19-42(41)35-24-28-40(29-25-35)47(44-20-9-14-34-11-2-5-18-43(34)44)39-26-22-32(23-27-39)36-15-7-16-37(30-36)46-31-38-12-3-6-21-45(38)48-46/h1-31H/i1D,2D,4D,5D,8D,9D,10D,11D,13D,14D,17D,18D,19D,20D. The second kappa shape index (κ2) is 11.8. The van der Waals surface area contributed by atoms with Gasteiger partial charge in [0, 0.05) is 27.7 Å². The van der Waals surface area contributed by atoms with E-state index in [1.807, 2.05) is 66.7 Å². The molecule has 9 rings (SSSR count). The normalized spacial score (nSPS) is 15.4. The molecule has 9 aromatic rings. The van der Waals surface area contributed by atoms with Crippen LogP contribution in [-0.4, -0.2) is 0 Å². The molecule has 0 bridgehead atoms. The van der Waals surface area contributed by atoms with Crippen LogP contribution in [0, 0.1) is 0 Å². The van der Waals surface area contributed by atoms with Gasteiger partial charge < -0.3 is 9.32 Å². The predicted molar refractivity (Wildman–Crippen MR) is 202 cm³/mol. The number of para-hydroxylation sites is 1. The monoisotopic (exact) mass is 627 g/mol. The van der Waals surface area contributed by atoms with Crippen molar-refractivity contribution in [2.24, 2.45) is 0 Å². The van der Waals surface area contributed by atoms with Crippen molar-refractivity contribution in [3.63, 3.8) is 0 Å². The minimum atomic E-state index is -0.590. The van der Waals surface area contributed by atoms with Gasteiger partial charge in [-0.1, -0.05) is 139 Å². The van der Waals surface area contributed by atoms with Gasteiger partial charge in [-0.2, -0.15) is 0 Å². The molecule has 0 unspecified atom stereocenters. The number of hydrogen-bond donors (Lipinski definition) is 0. The highest BCUT2D eigenvalue weighted by molar-refractivity contribution is 6.00. The molecule has 0 spiro atoms. The van der Waals surface area contributed by atoms with E-state index in [4.69, 9.17) is 22.2 Å². The summed E-state index contributed by atoms with van der Waals surface area (Å²) in [4.78, 5) is 1.55. The lowest BCUT2D eigenvalue weighted by molar-refractivity contribution is 0.631. The van der Waals surface area contributed by atoms with Gasteiger partial charge >= 0.3 is 0 Å². The maximum absolute atomic E-state index is 9.24. The third-order valence-corrected chi connectivity index (χ3v) is 8.27. The summed E-state index contributed by atoms with van der Waals surface area (Å²) < 4.78 is 127. The smallest absolute Gasteiger partial charge is 0.135 e. The fourth-order valence-corrected chi connectivity index (χ4v) is 5.96. The van der Waals surface area contributed by atoms with E-state index in [2.05, 4.69) is 0 Å². The van der Waals surface area contributed by atoms with Crippen molar-refractivity contribution < 1.29 is 23.6 Å². The summed E-state index contributed by atoms with van der Waals surface area (Å²) in [6, 6.07) is 23.7. The summed E-state index contributed by atoms with van der Waals surface area (Å²) in [7, 11) is 0. The predicted octanol–water partition coefficient (Wildman–Crippen LogP) is 13.2. The highest BCUT2D eigenvalue weighted by Gasteiger charge is 2.16. The largest absolute Gasteiger partial charge is 0.456 e. The average Bonchev–Trinajstić information content (AvgIpc) is 3.73. The van der Waals surface area contributed by atoms with Crippen LogP contribution >= 0.6 is 0 Å². The van der Waals surface area contributed by atoms with Crippen molar-refractivity contribution in [1.82, 2.24) is 0 Å². The third kappa shape index (κ3) is 5.01. The van der Waals surface area contributed by atoms with Crippen LogP contribution in [0.1, 0.15) is 19.2 Å². The SMILES string of the molecule is [2H]c1c([2H])c([2H])c2c(-c3ccc(N(c4ccc(-c5cccc(-c6cc7ccccc7o6)c5)cc4)c4c([2H])c([2H])c([2H])c5c([2H])c([2H])c([2H])c([2H])c45)cc3)c([2H])c([2H])c([2H])c2c1[2H]. The first kappa shape index (κ1) is 17.0. The van der Waals surface area contributed by atoms with Gasteiger partial charge in [-0.05, 0) is 86.9 Å². The van der Waals surface area contributed by atoms with E-state index >= 15 is 0 Å². The van der Waals surface area contributed by atoms with Gasteiger partial charge in [0.1, 0.15) is 11.3 Å². The number of fused-ring (bicyclic) bond motifs is 3. The molecule has 0 radical (unpaired) electrons. The molecular weight excluding hydrogens is 583 g/mol. The molecule has 2 nitrogen and oxygen atoms in total. The van der Waals surface area contributed by atoms with Gasteiger partial charge in [-0.15, -0.1) is 0 Å². The molecule has 0 aliphatic carbocycles. The van der Waals surface area contributed by atoms with Crippen molar-refractivity contribution in [3.8, 4) is 33.6 Å². The Kier molecular flexibility index (Phi) is 4.16. The quantitative estimate of drug-likeness (QED) is 0.182. The Bertz CT molecular complexity index is 3300. The fraction of sp³-hybridized carbons (Fsp3) is 0. The Hall–Kier alpha value is -6.38. The minimum Gasteiger partial charge on any atom is -0.456 e. The molecule has 1 heterocycles. The molecular formula is C46H31NO. The molecule has 0 aliphatic rings. The van der Waals surface area contributed by atoms with Gasteiger partial charge in [0.2, 0.25) is 0 Å². The van der Waals surface area contributed by atoms with Crippen LogP contribution < -0.4 is 4.90 Å². The molecule has 0 N–H and O–H groups in total. The van der Waals surface area contributed by atoms with Crippen LogP contribution in [0.2, 0.25) is 0 Å². The van der Waals surface area contributed by atoms with Crippen LogP contribution in [0.15, 0.2) is 192 Å². The molecule has 0 fully saturated rings. The zero-order valence-electron chi connectivity index (χ0n) is 39.2. The van der Waals surface area contributed by atoms with Gasteiger partial charge in [0.15, 0.2) is 0 Å². The summed E-state index contributed by atoms with van der Waals surface area (Å²) >= 11 is 0. The number of furan rings is 1. The third-order valence-electron chi connectivity index (χ3n) is 8.27. The first-order valence-corrected chi connectivity index (χ1v) is 15.2. The Balaban J connectivity index is 1.24. The van der Waals surface area contributed by atoms with Crippen LogP contribution in [0.5, 0.6) is 0 Å². The topological polar surface area (TPSA) is 16.4 Å². The highest BCUT2D eigenvalue weighted by Crippen LogP contribution is 2.41. The van der Waals surface area contributed by atoms with E-state index in [9.17, 15) is 1.37 Å². The molecule has 1 aromatic heterocycles. The highest BCUT2D eigenvalue weighted by atomic mass is 16.3. The van der Waals surface area contributed by atoms with Crippen molar-refractivity contribution >= 4 is 49.6 Å². The molecule has 48 heavy (non-hydrogen) atoms. The number of anilines is 3. The molecule has 0 saturated heterocycles. The second-order valence-electron chi connectivity index (χ2n) is 11.1. The summed E-state index contributed by atoms with van der Waals surface area (Å²) in [5, 5.41) is 0.310. The van der Waals surface area contributed by atoms with Crippen LogP contribution in [0.3, 0.4) is 0 Å². The lowest BCUT2D eigenvalue weighted by atomic mass is 9.98. The lowest BCUT2D eigenvalue weighted by Crippen LogP contribution is -2.10. The van der Waals surface area contributed by atoms with E-state index in [0.717, 1.165) is 27.7 Å². The van der Waals surface area contributed by atoms with E-state index in [0.29, 0.717) is 17.1 Å². The van der Waals surface area contributed by atoms with Crippen LogP contribution in [0.4, 0.5) is 17.1 Å². The number of nitrogens with zero attached hydrogens (tertiary/aromatic N) is 1. The maximum atomic E-state index is 9.24. The maximum Gasteiger partial charge on any atom is 0.135 e. The summed E-state index contributed by atoms with van der Waals surface area (Å²) in [6.07, 6.45) is 0. The molecule has 0 aliphatic heterocycles. The van der Waals surface area contributed by atoms with E-state index < -0.39 is 84.6 Å². The summed E-state index contributed by atoms with van der Waals surface area (Å²) in [5.41, 5.74) is 4.24. The van der Waals surface area contributed by atoms with Gasteiger partial charge in [0.25, 0.3) is 0 Å². The molecule has 2 heteroatoms. The lowest BCUT2D eigenvalue weighted by Gasteiger charge is -2.27. The number of hydrogen-bond acceptors (Lipinski definition) is 2. The Morgan fingerprint density at radius 1 is 0.438 bits per heavy atom. The van der Waals surface area contributed by atoms with Crippen LogP contribution in [0.25, 0.3) is 66.1 Å². The van der Waals surface area contributed by atoms with E-state index in [1.54, 1.807) is 41.3 Å². The first-order chi connectivity index (χ1) is 29.6. The fourth-order valence-electron chi connectivity index (χ4n) is 5.96. The van der Waals surface area contributed by atoms with Crippen molar-refractivity contribution in [2.45, 2.75) is 0 Å². The number of rotatable bonds is 6. The van der Waals surface area contributed by atoms with Gasteiger partial charge in [-0.25, -0.2) is 0 Å². The van der Waals surface area contributed by atoms with Crippen molar-refractivity contribution in [3.05, 3.63) is 188 Å². The molecule has 8 aromatic carbocycles. The Morgan fingerprint density at radius 3 is 1.83 bits per heavy atom. The summed E-state index contributed by atoms with van der Waals surface area (Å²) in [6.45, 7) is 0. The van der Waals surface area contributed by atoms with Crippen LogP contribution in [-0.2, 0) is 0 Å². The zero-order chi connectivity index (χ0) is 44.0. The minimum absolute atomic E-state index is 0.00748. The van der Waals surface area contributed by atoms with Crippen molar-refractivity contribution in [1.29, 1.82) is 0 Å². The Labute approximate surface area is 299 Å². The van der Waals surface area contributed by atoms with Gasteiger partial charge in [0.05, 0.1) is 24.9 Å². The molecule has 0 amide bonds. The summed E-state index contributed by atoms with van der Waals surface area (Å²) in [5.74, 6) is 0.697. The zero-order valence-corrected chi connectivity index (χ0v) is 25.2. The Morgan fingerprint density at radius 2 is 1.06 bits per heavy atom. The molecule has 0 saturated carbocycles. The first-order valence-electron chi connectivity index (χ1n) is 22.2. The van der Waals surface area contributed by atoms with Gasteiger partial charge in [-0.3, -0.25) is 0 Å². The van der Waals surface area contributed by atoms with Crippen molar-refractivity contribution in [2.75, 3.05) is 4.90 Å². The van der Waals surface area contributed by atoms with E-state index in [1.165, 1.54) is 0 Å².